The summed E-state index contributed by atoms with van der Waals surface area (Å²) in [6, 6.07) is 5.48. The Bertz CT molecular complexity index is 687. The van der Waals surface area contributed by atoms with E-state index in [2.05, 4.69) is 4.98 Å². The molecule has 7 heteroatoms. The van der Waals surface area contributed by atoms with Crippen molar-refractivity contribution in [2.24, 2.45) is 7.05 Å². The van der Waals surface area contributed by atoms with Crippen LogP contribution >= 0.6 is 0 Å². The fraction of sp³-hybridized carbons (Fsp3) is 0.412. The maximum absolute atomic E-state index is 14.2. The minimum Gasteiger partial charge on any atom is -0.395 e. The molecule has 0 aliphatic rings. The van der Waals surface area contributed by atoms with Gasteiger partial charge in [0.05, 0.1) is 13.2 Å². The van der Waals surface area contributed by atoms with E-state index in [1.807, 2.05) is 11.6 Å². The number of carbonyl (C=O) groups is 1. The second-order valence-electron chi connectivity index (χ2n) is 5.83. The lowest BCUT2D eigenvalue weighted by Gasteiger charge is -2.30. The van der Waals surface area contributed by atoms with Crippen LogP contribution in [-0.2, 0) is 18.4 Å². The summed E-state index contributed by atoms with van der Waals surface area (Å²) in [7, 11) is 5.30. The summed E-state index contributed by atoms with van der Waals surface area (Å²) in [6.07, 6.45) is 3.44. The van der Waals surface area contributed by atoms with Crippen LogP contribution in [0.1, 0.15) is 17.4 Å². The van der Waals surface area contributed by atoms with Gasteiger partial charge in [-0.15, -0.1) is 0 Å². The summed E-state index contributed by atoms with van der Waals surface area (Å²) in [4.78, 5) is 20.4. The monoisotopic (exact) mass is 334 g/mol. The number of halogens is 1. The van der Waals surface area contributed by atoms with Gasteiger partial charge in [0.15, 0.2) is 0 Å². The molecule has 2 aromatic rings. The van der Waals surface area contributed by atoms with Crippen molar-refractivity contribution in [3.8, 4) is 0 Å². The number of hydrogen-bond acceptors (Lipinski definition) is 4. The third-order valence-electron chi connectivity index (χ3n) is 3.88. The van der Waals surface area contributed by atoms with Crippen LogP contribution in [0.3, 0.4) is 0 Å². The average Bonchev–Trinajstić information content (AvgIpc) is 2.93. The van der Waals surface area contributed by atoms with Crippen LogP contribution < -0.4 is 0 Å². The SMILES string of the molecule is CN(C)C(C(=O)N(CCO)Cc1nccn1C)c1ccccc1F. The van der Waals surface area contributed by atoms with Gasteiger partial charge < -0.3 is 14.6 Å². The molecule has 0 saturated carbocycles. The first-order chi connectivity index (χ1) is 11.5. The Morgan fingerprint density at radius 1 is 1.38 bits per heavy atom. The van der Waals surface area contributed by atoms with Crippen molar-refractivity contribution in [1.82, 2.24) is 19.4 Å². The Balaban J connectivity index is 2.31. The number of rotatable bonds is 7. The molecule has 1 N–H and O–H groups in total. The van der Waals surface area contributed by atoms with Gasteiger partial charge in [-0.1, -0.05) is 18.2 Å². The molecule has 1 aromatic carbocycles. The quantitative estimate of drug-likeness (QED) is 0.826. The lowest BCUT2D eigenvalue weighted by molar-refractivity contribution is -0.137. The van der Waals surface area contributed by atoms with Crippen LogP contribution in [0.5, 0.6) is 0 Å². The van der Waals surface area contributed by atoms with E-state index in [4.69, 9.17) is 0 Å². The normalized spacial score (nSPS) is 12.4. The van der Waals surface area contributed by atoms with Crippen LogP contribution in [0, 0.1) is 5.82 Å². The van der Waals surface area contributed by atoms with Crippen molar-refractivity contribution >= 4 is 5.91 Å². The summed E-state index contributed by atoms with van der Waals surface area (Å²) in [5.41, 5.74) is 0.315. The van der Waals surface area contributed by atoms with Crippen molar-refractivity contribution in [1.29, 1.82) is 0 Å². The molecule has 0 aliphatic heterocycles. The van der Waals surface area contributed by atoms with E-state index in [9.17, 15) is 14.3 Å². The molecular weight excluding hydrogens is 311 g/mol. The zero-order valence-electron chi connectivity index (χ0n) is 14.2. The average molecular weight is 334 g/mol. The molecule has 130 valence electrons. The molecule has 1 aromatic heterocycles. The standard InChI is InChI=1S/C17H23FN4O2/c1-20(2)16(13-6-4-5-7-14(13)18)17(24)22(10-11-23)12-15-19-8-9-21(15)3/h4-9,16,23H,10-12H2,1-3H3. The fourth-order valence-corrected chi connectivity index (χ4v) is 2.61. The lowest BCUT2D eigenvalue weighted by Crippen LogP contribution is -2.42. The molecule has 0 saturated heterocycles. The molecule has 6 nitrogen and oxygen atoms in total. The number of nitrogens with zero attached hydrogens (tertiary/aromatic N) is 4. The van der Waals surface area contributed by atoms with Gasteiger partial charge >= 0.3 is 0 Å². The van der Waals surface area contributed by atoms with E-state index in [-0.39, 0.29) is 25.6 Å². The Kier molecular flexibility index (Phi) is 6.05. The molecule has 1 atom stereocenters. The Hall–Kier alpha value is -2.25. The Morgan fingerprint density at radius 2 is 2.08 bits per heavy atom. The summed E-state index contributed by atoms with van der Waals surface area (Å²) >= 11 is 0. The molecule has 0 aliphatic carbocycles. The maximum Gasteiger partial charge on any atom is 0.245 e. The first-order valence-electron chi connectivity index (χ1n) is 7.72. The van der Waals surface area contributed by atoms with Crippen LogP contribution in [0.2, 0.25) is 0 Å². The Labute approximate surface area is 141 Å². The van der Waals surface area contributed by atoms with Crippen molar-refractivity contribution in [3.63, 3.8) is 0 Å². The molecule has 0 bridgehead atoms. The first kappa shape index (κ1) is 18.1. The zero-order valence-corrected chi connectivity index (χ0v) is 14.2. The van der Waals surface area contributed by atoms with E-state index >= 15 is 0 Å². The topological polar surface area (TPSA) is 61.6 Å². The van der Waals surface area contributed by atoms with E-state index in [1.165, 1.54) is 11.0 Å². The summed E-state index contributed by atoms with van der Waals surface area (Å²) in [5.74, 6) is -0.00419. The van der Waals surface area contributed by atoms with Crippen LogP contribution in [0.15, 0.2) is 36.7 Å². The first-order valence-corrected chi connectivity index (χ1v) is 7.72. The van der Waals surface area contributed by atoms with Crippen molar-refractivity contribution < 1.29 is 14.3 Å². The predicted molar refractivity (Wildman–Crippen MR) is 88.5 cm³/mol. The number of aromatic nitrogens is 2. The highest BCUT2D eigenvalue weighted by Crippen LogP contribution is 2.24. The van der Waals surface area contributed by atoms with Crippen LogP contribution in [-0.4, -0.2) is 57.6 Å². The molecule has 0 spiro atoms. The molecule has 0 fully saturated rings. The molecule has 1 heterocycles. The van der Waals surface area contributed by atoms with E-state index in [1.54, 1.807) is 49.6 Å². The molecule has 2 rings (SSSR count). The number of aliphatic hydroxyl groups excluding tert-OH is 1. The summed E-state index contributed by atoms with van der Waals surface area (Å²) < 4.78 is 16.0. The second-order valence-corrected chi connectivity index (χ2v) is 5.83. The summed E-state index contributed by atoms with van der Waals surface area (Å²) in [5, 5.41) is 9.32. The fourth-order valence-electron chi connectivity index (χ4n) is 2.61. The van der Waals surface area contributed by atoms with Gasteiger partial charge in [0.25, 0.3) is 0 Å². The highest BCUT2D eigenvalue weighted by atomic mass is 19.1. The highest BCUT2D eigenvalue weighted by molar-refractivity contribution is 5.83. The van der Waals surface area contributed by atoms with E-state index in [0.29, 0.717) is 11.4 Å². The van der Waals surface area contributed by atoms with Gasteiger partial charge in [-0.3, -0.25) is 9.69 Å². The third kappa shape index (κ3) is 3.98. The third-order valence-corrected chi connectivity index (χ3v) is 3.88. The minimum atomic E-state index is -0.766. The number of benzene rings is 1. The van der Waals surface area contributed by atoms with Gasteiger partial charge in [-0.2, -0.15) is 0 Å². The molecule has 24 heavy (non-hydrogen) atoms. The number of aliphatic hydroxyl groups is 1. The van der Waals surface area contributed by atoms with Gasteiger partial charge in [-0.25, -0.2) is 9.37 Å². The minimum absolute atomic E-state index is 0.157. The number of carbonyl (C=O) groups excluding carboxylic acids is 1. The lowest BCUT2D eigenvalue weighted by atomic mass is 10.0. The van der Waals surface area contributed by atoms with Crippen molar-refractivity contribution in [2.45, 2.75) is 12.6 Å². The van der Waals surface area contributed by atoms with Gasteiger partial charge in [0.2, 0.25) is 5.91 Å². The van der Waals surface area contributed by atoms with E-state index in [0.717, 1.165) is 0 Å². The van der Waals surface area contributed by atoms with E-state index < -0.39 is 11.9 Å². The smallest absolute Gasteiger partial charge is 0.245 e. The number of likely N-dealkylation sites (N-methyl/N-ethyl adjacent to an activating group) is 1. The van der Waals surface area contributed by atoms with Gasteiger partial charge in [-0.05, 0) is 20.2 Å². The molecular formula is C17H23FN4O2. The number of amides is 1. The zero-order chi connectivity index (χ0) is 17.7. The van der Waals surface area contributed by atoms with Gasteiger partial charge in [0.1, 0.15) is 17.7 Å². The van der Waals surface area contributed by atoms with Gasteiger partial charge in [0, 0.05) is 31.5 Å². The highest BCUT2D eigenvalue weighted by Gasteiger charge is 2.30. The molecule has 1 amide bonds. The molecule has 0 radical (unpaired) electrons. The Morgan fingerprint density at radius 3 is 2.62 bits per heavy atom. The number of hydrogen-bond donors (Lipinski definition) is 1. The number of imidazole rings is 1. The van der Waals surface area contributed by atoms with Crippen LogP contribution in [0.4, 0.5) is 4.39 Å². The number of aryl methyl sites for hydroxylation is 1. The second kappa shape index (κ2) is 8.03. The predicted octanol–water partition coefficient (Wildman–Crippen LogP) is 1.18. The van der Waals surface area contributed by atoms with Crippen LogP contribution in [0.25, 0.3) is 0 Å². The van der Waals surface area contributed by atoms with Crippen molar-refractivity contribution in [3.05, 3.63) is 53.9 Å². The largest absolute Gasteiger partial charge is 0.395 e. The molecule has 1 unspecified atom stereocenters. The summed E-state index contributed by atoms with van der Waals surface area (Å²) in [6.45, 7) is 0.236. The maximum atomic E-state index is 14.2. The van der Waals surface area contributed by atoms with Crippen molar-refractivity contribution in [2.75, 3.05) is 27.2 Å².